The van der Waals surface area contributed by atoms with Crippen LogP contribution in [0.2, 0.25) is 0 Å². The van der Waals surface area contributed by atoms with Crippen LogP contribution in [0.15, 0.2) is 24.3 Å². The van der Waals surface area contributed by atoms with E-state index in [1.165, 1.54) is 0 Å². The summed E-state index contributed by atoms with van der Waals surface area (Å²) in [6.07, 6.45) is 0.102. The Hall–Kier alpha value is -2.74. The molecule has 0 spiro atoms. The van der Waals surface area contributed by atoms with Crippen LogP contribution in [-0.4, -0.2) is 35.9 Å². The molecule has 0 radical (unpaired) electrons. The highest BCUT2D eigenvalue weighted by atomic mass is 32.1. The van der Waals surface area contributed by atoms with Crippen molar-refractivity contribution in [2.24, 2.45) is 0 Å². The number of thiazole rings is 1. The number of carbonyl (C=O) groups excluding carboxylic acids is 3. The fourth-order valence-electron chi connectivity index (χ4n) is 2.20. The molecule has 0 bridgehead atoms. The molecule has 0 fully saturated rings. The van der Waals surface area contributed by atoms with E-state index >= 15 is 0 Å². The van der Waals surface area contributed by atoms with Crippen molar-refractivity contribution in [3.63, 3.8) is 0 Å². The van der Waals surface area contributed by atoms with Crippen molar-refractivity contribution in [1.82, 2.24) is 10.3 Å². The van der Waals surface area contributed by atoms with Crippen molar-refractivity contribution < 1.29 is 19.1 Å². The molecule has 2 rings (SSSR count). The van der Waals surface area contributed by atoms with E-state index in [2.05, 4.69) is 15.6 Å². The Morgan fingerprint density at radius 3 is 2.69 bits per heavy atom. The van der Waals surface area contributed by atoms with Gasteiger partial charge in [-0.05, 0) is 32.9 Å². The molecule has 0 aliphatic heterocycles. The molecule has 26 heavy (non-hydrogen) atoms. The summed E-state index contributed by atoms with van der Waals surface area (Å²) in [5.41, 5.74) is 2.06. The van der Waals surface area contributed by atoms with Crippen molar-refractivity contribution in [2.45, 2.75) is 27.2 Å². The average Bonchev–Trinajstić information content (AvgIpc) is 2.95. The van der Waals surface area contributed by atoms with E-state index in [4.69, 9.17) is 4.74 Å². The molecule has 0 aliphatic carbocycles. The average molecular weight is 375 g/mol. The Morgan fingerprint density at radius 2 is 2.00 bits per heavy atom. The summed E-state index contributed by atoms with van der Waals surface area (Å²) < 4.78 is 4.94. The van der Waals surface area contributed by atoms with Crippen LogP contribution >= 0.6 is 11.3 Å². The Bertz CT molecular complexity index is 817. The Labute approximate surface area is 155 Å². The maximum absolute atomic E-state index is 12.0. The lowest BCUT2D eigenvalue weighted by molar-refractivity contribution is -0.116. The fourth-order valence-corrected chi connectivity index (χ4v) is 3.07. The zero-order chi connectivity index (χ0) is 19.1. The number of aryl methyl sites for hydroxylation is 2. The lowest BCUT2D eigenvalue weighted by atomic mass is 10.1. The number of anilines is 1. The molecule has 0 saturated heterocycles. The van der Waals surface area contributed by atoms with E-state index in [1.807, 2.05) is 19.1 Å². The number of nitrogens with zero attached hydrogens (tertiary/aromatic N) is 1. The first-order valence-electron chi connectivity index (χ1n) is 8.20. The number of rotatable bonds is 7. The van der Waals surface area contributed by atoms with Crippen LogP contribution in [0.1, 0.15) is 44.6 Å². The predicted octanol–water partition coefficient (Wildman–Crippen LogP) is 2.70. The summed E-state index contributed by atoms with van der Waals surface area (Å²) in [5.74, 6) is -0.969. The van der Waals surface area contributed by atoms with E-state index in [1.54, 1.807) is 26.0 Å². The second-order valence-electron chi connectivity index (χ2n) is 5.58. The number of aromatic nitrogens is 1. The number of esters is 1. The number of ether oxygens (including phenoxy) is 1. The van der Waals surface area contributed by atoms with E-state index in [-0.39, 0.29) is 31.4 Å². The minimum absolute atomic E-state index is 0.102. The monoisotopic (exact) mass is 375 g/mol. The first-order chi connectivity index (χ1) is 12.4. The molecule has 1 aromatic heterocycles. The van der Waals surface area contributed by atoms with Crippen molar-refractivity contribution in [3.05, 3.63) is 46.0 Å². The van der Waals surface area contributed by atoms with Crippen LogP contribution in [0.25, 0.3) is 0 Å². The molecule has 0 atom stereocenters. The van der Waals surface area contributed by atoms with Crippen molar-refractivity contribution in [3.8, 4) is 0 Å². The quantitative estimate of drug-likeness (QED) is 0.725. The molecule has 0 saturated carbocycles. The summed E-state index contributed by atoms with van der Waals surface area (Å²) in [6.45, 7) is 5.79. The highest BCUT2D eigenvalue weighted by molar-refractivity contribution is 7.17. The zero-order valence-corrected chi connectivity index (χ0v) is 15.7. The van der Waals surface area contributed by atoms with Crippen molar-refractivity contribution >= 4 is 34.3 Å². The van der Waals surface area contributed by atoms with Gasteiger partial charge in [0.25, 0.3) is 5.91 Å². The summed E-state index contributed by atoms with van der Waals surface area (Å²) in [6, 6.07) is 7.22. The van der Waals surface area contributed by atoms with Gasteiger partial charge in [-0.2, -0.15) is 0 Å². The Kier molecular flexibility index (Phi) is 6.85. The normalized spacial score (nSPS) is 10.3. The molecule has 1 aromatic carbocycles. The number of hydrogen-bond donors (Lipinski definition) is 2. The highest BCUT2D eigenvalue weighted by Gasteiger charge is 2.17. The number of benzene rings is 1. The largest absolute Gasteiger partial charge is 0.462 e. The molecule has 138 valence electrons. The summed E-state index contributed by atoms with van der Waals surface area (Å²) in [4.78, 5) is 40.3. The van der Waals surface area contributed by atoms with Gasteiger partial charge in [0.15, 0.2) is 5.13 Å². The summed E-state index contributed by atoms with van der Waals surface area (Å²) in [5, 5.41) is 5.67. The standard InChI is InChI=1S/C18H21N3O4S/c1-4-25-17(24)15-12(3)20-18(26-15)21-14(22)8-9-19-16(23)13-7-5-6-11(2)10-13/h5-7,10H,4,8-9H2,1-3H3,(H,19,23)(H,20,21,22). The second kappa shape index (κ2) is 9.10. The van der Waals surface area contributed by atoms with Crippen LogP contribution in [0.3, 0.4) is 0 Å². The second-order valence-corrected chi connectivity index (χ2v) is 6.58. The third-order valence-corrected chi connectivity index (χ3v) is 4.47. The lowest BCUT2D eigenvalue weighted by Gasteiger charge is -2.06. The number of carbonyl (C=O) groups is 3. The van der Waals surface area contributed by atoms with Gasteiger partial charge in [0.1, 0.15) is 4.88 Å². The van der Waals surface area contributed by atoms with Gasteiger partial charge in [-0.15, -0.1) is 0 Å². The van der Waals surface area contributed by atoms with E-state index < -0.39 is 5.97 Å². The van der Waals surface area contributed by atoms with E-state index in [0.29, 0.717) is 21.3 Å². The molecule has 8 heteroatoms. The molecule has 2 N–H and O–H groups in total. The van der Waals surface area contributed by atoms with Crippen LogP contribution in [0.5, 0.6) is 0 Å². The SMILES string of the molecule is CCOC(=O)c1sc(NC(=O)CCNC(=O)c2cccc(C)c2)nc1C. The molecule has 0 aliphatic rings. The molecule has 0 unspecified atom stereocenters. The van der Waals surface area contributed by atoms with Crippen molar-refractivity contribution in [1.29, 1.82) is 0 Å². The van der Waals surface area contributed by atoms with Gasteiger partial charge < -0.3 is 15.4 Å². The maximum Gasteiger partial charge on any atom is 0.350 e. The maximum atomic E-state index is 12.0. The van der Waals surface area contributed by atoms with Gasteiger partial charge in [-0.1, -0.05) is 29.0 Å². The molecule has 7 nitrogen and oxygen atoms in total. The fraction of sp³-hybridized carbons (Fsp3) is 0.333. The Morgan fingerprint density at radius 1 is 1.23 bits per heavy atom. The van der Waals surface area contributed by atoms with Gasteiger partial charge in [0, 0.05) is 18.5 Å². The van der Waals surface area contributed by atoms with Gasteiger partial charge in [0.2, 0.25) is 5.91 Å². The first-order valence-corrected chi connectivity index (χ1v) is 9.01. The van der Waals surface area contributed by atoms with Crippen molar-refractivity contribution in [2.75, 3.05) is 18.5 Å². The van der Waals surface area contributed by atoms with Gasteiger partial charge in [-0.25, -0.2) is 9.78 Å². The van der Waals surface area contributed by atoms with Crippen LogP contribution in [0, 0.1) is 13.8 Å². The summed E-state index contributed by atoms with van der Waals surface area (Å²) >= 11 is 1.07. The van der Waals surface area contributed by atoms with E-state index in [9.17, 15) is 14.4 Å². The smallest absolute Gasteiger partial charge is 0.350 e. The molecule has 1 heterocycles. The number of amides is 2. The zero-order valence-electron chi connectivity index (χ0n) is 14.9. The number of nitrogens with one attached hydrogen (secondary N) is 2. The van der Waals surface area contributed by atoms with E-state index in [0.717, 1.165) is 16.9 Å². The van der Waals surface area contributed by atoms with Crippen LogP contribution in [0.4, 0.5) is 5.13 Å². The van der Waals surface area contributed by atoms with Gasteiger partial charge >= 0.3 is 5.97 Å². The third-order valence-electron chi connectivity index (χ3n) is 3.42. The molecule has 2 aromatic rings. The predicted molar refractivity (Wildman–Crippen MR) is 99.6 cm³/mol. The first kappa shape index (κ1) is 19.6. The Balaban J connectivity index is 1.83. The van der Waals surface area contributed by atoms with Gasteiger partial charge in [0.05, 0.1) is 12.3 Å². The number of hydrogen-bond acceptors (Lipinski definition) is 6. The topological polar surface area (TPSA) is 97.4 Å². The third kappa shape index (κ3) is 5.38. The molecular formula is C18H21N3O4S. The molecule has 2 amide bonds. The minimum Gasteiger partial charge on any atom is -0.462 e. The van der Waals surface area contributed by atoms with Gasteiger partial charge in [-0.3, -0.25) is 9.59 Å². The molecular weight excluding hydrogens is 354 g/mol. The lowest BCUT2D eigenvalue weighted by Crippen LogP contribution is -2.27. The summed E-state index contributed by atoms with van der Waals surface area (Å²) in [7, 11) is 0. The minimum atomic E-state index is -0.451. The highest BCUT2D eigenvalue weighted by Crippen LogP contribution is 2.23. The van der Waals surface area contributed by atoms with Crippen LogP contribution in [-0.2, 0) is 9.53 Å². The van der Waals surface area contributed by atoms with Crippen LogP contribution < -0.4 is 10.6 Å².